The molecule has 0 saturated heterocycles. The van der Waals surface area contributed by atoms with Crippen molar-refractivity contribution in [1.29, 1.82) is 0 Å². The molecule has 0 aliphatic heterocycles. The molecular weight excluding hydrogens is 318 g/mol. The molecule has 6 heteroatoms. The van der Waals surface area contributed by atoms with Crippen molar-refractivity contribution in [3.05, 3.63) is 58.0 Å². The number of aliphatic hydroxyl groups is 1. The molecule has 25 heavy (non-hydrogen) atoms. The molecule has 6 nitrogen and oxygen atoms in total. The number of carbonyl (C=O) groups excluding carboxylic acids is 1. The standard InChI is InChI=1S/C19H23N3O3/c1-14-12-16(23)17(21-22(14)15-8-4-2-5-9-15)18(24)20-13-19(25)10-6-3-7-11-19/h2,4-5,8-9,12,25H,3,6-7,10-11,13H2,1H3,(H,20,24). The number of carbonyl (C=O) groups is 1. The summed E-state index contributed by atoms with van der Waals surface area (Å²) < 4.78 is 1.58. The maximum absolute atomic E-state index is 12.4. The molecule has 132 valence electrons. The van der Waals surface area contributed by atoms with E-state index >= 15 is 0 Å². The van der Waals surface area contributed by atoms with Crippen LogP contribution in [0.1, 0.15) is 48.3 Å². The van der Waals surface area contributed by atoms with Gasteiger partial charge < -0.3 is 10.4 Å². The first-order valence-electron chi connectivity index (χ1n) is 8.65. The molecular formula is C19H23N3O3. The smallest absolute Gasteiger partial charge is 0.275 e. The molecule has 0 radical (unpaired) electrons. The maximum atomic E-state index is 12.4. The van der Waals surface area contributed by atoms with Crippen molar-refractivity contribution in [3.8, 4) is 5.69 Å². The van der Waals surface area contributed by atoms with Crippen LogP contribution in [0.15, 0.2) is 41.2 Å². The largest absolute Gasteiger partial charge is 0.388 e. The fourth-order valence-corrected chi connectivity index (χ4v) is 3.25. The van der Waals surface area contributed by atoms with Crippen molar-refractivity contribution in [2.45, 2.75) is 44.6 Å². The van der Waals surface area contributed by atoms with E-state index in [1.54, 1.807) is 11.6 Å². The van der Waals surface area contributed by atoms with Gasteiger partial charge in [0.25, 0.3) is 5.91 Å². The number of amides is 1. The minimum atomic E-state index is -0.878. The van der Waals surface area contributed by atoms with Gasteiger partial charge in [0.1, 0.15) is 0 Å². The Kier molecular flexibility index (Phi) is 4.99. The molecule has 2 aromatic rings. The van der Waals surface area contributed by atoms with E-state index in [-0.39, 0.29) is 12.2 Å². The van der Waals surface area contributed by atoms with Gasteiger partial charge in [0, 0.05) is 18.3 Å². The van der Waals surface area contributed by atoms with Gasteiger partial charge in [-0.05, 0) is 31.9 Å². The minimum Gasteiger partial charge on any atom is -0.388 e. The van der Waals surface area contributed by atoms with Crippen LogP contribution < -0.4 is 10.7 Å². The Morgan fingerprint density at radius 2 is 1.92 bits per heavy atom. The third-order valence-electron chi connectivity index (χ3n) is 4.69. The predicted molar refractivity (Wildman–Crippen MR) is 94.9 cm³/mol. The highest BCUT2D eigenvalue weighted by atomic mass is 16.3. The van der Waals surface area contributed by atoms with Crippen LogP contribution >= 0.6 is 0 Å². The van der Waals surface area contributed by atoms with Crippen LogP contribution in [-0.2, 0) is 0 Å². The first-order valence-corrected chi connectivity index (χ1v) is 8.65. The number of aryl methyl sites for hydroxylation is 1. The zero-order valence-electron chi connectivity index (χ0n) is 14.4. The van der Waals surface area contributed by atoms with Gasteiger partial charge >= 0.3 is 0 Å². The summed E-state index contributed by atoms with van der Waals surface area (Å²) >= 11 is 0. The lowest BCUT2D eigenvalue weighted by Gasteiger charge is -2.32. The summed E-state index contributed by atoms with van der Waals surface area (Å²) in [5, 5.41) is 17.4. The maximum Gasteiger partial charge on any atom is 0.275 e. The SMILES string of the molecule is Cc1cc(=O)c(C(=O)NCC2(O)CCCCC2)nn1-c1ccccc1. The first-order chi connectivity index (χ1) is 12.0. The number of hydrogen-bond acceptors (Lipinski definition) is 4. The van der Waals surface area contributed by atoms with E-state index in [2.05, 4.69) is 10.4 Å². The molecule has 1 heterocycles. The summed E-state index contributed by atoms with van der Waals surface area (Å²) in [5.74, 6) is -0.548. The van der Waals surface area contributed by atoms with Gasteiger partial charge in [-0.3, -0.25) is 9.59 Å². The Balaban J connectivity index is 1.81. The molecule has 1 fully saturated rings. The summed E-state index contributed by atoms with van der Waals surface area (Å²) in [5.41, 5.74) is -0.0258. The van der Waals surface area contributed by atoms with Crippen molar-refractivity contribution >= 4 is 5.91 Å². The molecule has 1 aromatic heterocycles. The normalized spacial score (nSPS) is 16.4. The lowest BCUT2D eigenvalue weighted by molar-refractivity contribution is 0.00518. The number of nitrogens with zero attached hydrogens (tertiary/aromatic N) is 2. The van der Waals surface area contributed by atoms with Gasteiger partial charge in [-0.1, -0.05) is 37.5 Å². The first kappa shape index (κ1) is 17.4. The number of para-hydroxylation sites is 1. The highest BCUT2D eigenvalue weighted by molar-refractivity contribution is 5.92. The summed E-state index contributed by atoms with van der Waals surface area (Å²) in [6, 6.07) is 10.7. The molecule has 2 N–H and O–H groups in total. The van der Waals surface area contributed by atoms with Gasteiger partial charge in [0.2, 0.25) is 5.43 Å². The summed E-state index contributed by atoms with van der Waals surface area (Å²) in [6.45, 7) is 1.92. The van der Waals surface area contributed by atoms with Crippen molar-refractivity contribution in [1.82, 2.24) is 15.1 Å². The highest BCUT2D eigenvalue weighted by Gasteiger charge is 2.30. The fourth-order valence-electron chi connectivity index (χ4n) is 3.25. The van der Waals surface area contributed by atoms with E-state index in [1.165, 1.54) is 6.07 Å². The number of hydrogen-bond donors (Lipinski definition) is 2. The van der Waals surface area contributed by atoms with Gasteiger partial charge in [0.05, 0.1) is 11.3 Å². The second-order valence-electron chi connectivity index (χ2n) is 6.71. The fraction of sp³-hybridized carbons (Fsp3) is 0.421. The third kappa shape index (κ3) is 3.96. The van der Waals surface area contributed by atoms with Gasteiger partial charge in [0.15, 0.2) is 5.69 Å². The lowest BCUT2D eigenvalue weighted by atomic mass is 9.85. The molecule has 1 aromatic carbocycles. The van der Waals surface area contributed by atoms with Crippen LogP contribution in [0, 0.1) is 6.92 Å². The molecule has 0 bridgehead atoms. The average Bonchev–Trinajstić information content (AvgIpc) is 2.61. The summed E-state index contributed by atoms with van der Waals surface area (Å²) in [4.78, 5) is 24.6. The zero-order chi connectivity index (χ0) is 17.9. The molecule has 1 saturated carbocycles. The van der Waals surface area contributed by atoms with Crippen LogP contribution in [0.4, 0.5) is 0 Å². The van der Waals surface area contributed by atoms with E-state index in [1.807, 2.05) is 30.3 Å². The third-order valence-corrected chi connectivity index (χ3v) is 4.69. The van der Waals surface area contributed by atoms with Gasteiger partial charge in [-0.25, -0.2) is 4.68 Å². The Morgan fingerprint density at radius 1 is 1.24 bits per heavy atom. The summed E-state index contributed by atoms with van der Waals surface area (Å²) in [7, 11) is 0. The molecule has 0 atom stereocenters. The van der Waals surface area contributed by atoms with Crippen LogP contribution in [-0.4, -0.2) is 32.9 Å². The second-order valence-corrected chi connectivity index (χ2v) is 6.71. The predicted octanol–water partition coefficient (Wildman–Crippen LogP) is 1.97. The van der Waals surface area contributed by atoms with Crippen LogP contribution in [0.2, 0.25) is 0 Å². The summed E-state index contributed by atoms with van der Waals surface area (Å²) in [6.07, 6.45) is 4.36. The Bertz CT molecular complexity index is 808. The highest BCUT2D eigenvalue weighted by Crippen LogP contribution is 2.27. The van der Waals surface area contributed by atoms with Crippen LogP contribution in [0.3, 0.4) is 0 Å². The molecule has 3 rings (SSSR count). The lowest BCUT2D eigenvalue weighted by Crippen LogP contribution is -2.45. The molecule has 0 unspecified atom stereocenters. The number of aromatic nitrogens is 2. The Hall–Kier alpha value is -2.47. The topological polar surface area (TPSA) is 84.2 Å². The van der Waals surface area contributed by atoms with E-state index in [0.717, 1.165) is 24.9 Å². The van der Waals surface area contributed by atoms with E-state index < -0.39 is 16.9 Å². The molecule has 1 aliphatic rings. The Morgan fingerprint density at radius 3 is 2.60 bits per heavy atom. The van der Waals surface area contributed by atoms with Crippen molar-refractivity contribution in [2.75, 3.05) is 6.54 Å². The van der Waals surface area contributed by atoms with Gasteiger partial charge in [-0.15, -0.1) is 0 Å². The second kappa shape index (κ2) is 7.19. The monoisotopic (exact) mass is 341 g/mol. The van der Waals surface area contributed by atoms with Crippen LogP contribution in [0.5, 0.6) is 0 Å². The van der Waals surface area contributed by atoms with E-state index in [4.69, 9.17) is 0 Å². The van der Waals surface area contributed by atoms with E-state index in [9.17, 15) is 14.7 Å². The van der Waals surface area contributed by atoms with Crippen molar-refractivity contribution < 1.29 is 9.90 Å². The molecule has 0 spiro atoms. The number of benzene rings is 1. The number of nitrogens with one attached hydrogen (secondary N) is 1. The zero-order valence-corrected chi connectivity index (χ0v) is 14.4. The van der Waals surface area contributed by atoms with E-state index in [0.29, 0.717) is 18.5 Å². The Labute approximate surface area is 146 Å². The van der Waals surface area contributed by atoms with Crippen LogP contribution in [0.25, 0.3) is 5.69 Å². The van der Waals surface area contributed by atoms with Gasteiger partial charge in [-0.2, -0.15) is 5.10 Å². The average molecular weight is 341 g/mol. The quantitative estimate of drug-likeness (QED) is 0.890. The van der Waals surface area contributed by atoms with Crippen molar-refractivity contribution in [2.24, 2.45) is 0 Å². The molecule has 1 aliphatic carbocycles. The van der Waals surface area contributed by atoms with Crippen molar-refractivity contribution in [3.63, 3.8) is 0 Å². The number of rotatable bonds is 4. The minimum absolute atomic E-state index is 0.145. The molecule has 1 amide bonds.